The molecule has 3 rings (SSSR count). The van der Waals surface area contributed by atoms with Crippen LogP contribution in [0.1, 0.15) is 43.4 Å². The summed E-state index contributed by atoms with van der Waals surface area (Å²) in [6.07, 6.45) is 4.91. The lowest BCUT2D eigenvalue weighted by Gasteiger charge is -2.37. The maximum Gasteiger partial charge on any atom is 0.122 e. The summed E-state index contributed by atoms with van der Waals surface area (Å²) in [7, 11) is 1.80. The predicted octanol–water partition coefficient (Wildman–Crippen LogP) is 2.84. The van der Waals surface area contributed by atoms with Crippen molar-refractivity contribution in [3.05, 3.63) is 29.3 Å². The SMILES string of the molecule is CCC(NC1CC(OC)C1)c1ccc2c(c1)CCO2. The Hall–Kier alpha value is -1.06. The molecular formula is C16H23NO2. The summed E-state index contributed by atoms with van der Waals surface area (Å²) < 4.78 is 10.9. The zero-order chi connectivity index (χ0) is 13.2. The van der Waals surface area contributed by atoms with Crippen LogP contribution in [0.2, 0.25) is 0 Å². The number of hydrogen-bond acceptors (Lipinski definition) is 3. The summed E-state index contributed by atoms with van der Waals surface area (Å²) in [4.78, 5) is 0. The van der Waals surface area contributed by atoms with E-state index in [1.165, 1.54) is 11.1 Å². The Morgan fingerprint density at radius 1 is 1.42 bits per heavy atom. The van der Waals surface area contributed by atoms with Gasteiger partial charge < -0.3 is 14.8 Å². The summed E-state index contributed by atoms with van der Waals surface area (Å²) in [5.41, 5.74) is 2.76. The van der Waals surface area contributed by atoms with Gasteiger partial charge in [0.05, 0.1) is 12.7 Å². The maximum absolute atomic E-state index is 5.57. The Kier molecular flexibility index (Phi) is 3.76. The molecule has 1 aliphatic heterocycles. The molecule has 0 saturated heterocycles. The largest absolute Gasteiger partial charge is 0.493 e. The van der Waals surface area contributed by atoms with Crippen LogP contribution in [0, 0.1) is 0 Å². The highest BCUT2D eigenvalue weighted by Gasteiger charge is 2.30. The fourth-order valence-electron chi connectivity index (χ4n) is 3.05. The molecule has 1 saturated carbocycles. The van der Waals surface area contributed by atoms with E-state index in [1.54, 1.807) is 7.11 Å². The molecule has 19 heavy (non-hydrogen) atoms. The van der Waals surface area contributed by atoms with E-state index in [4.69, 9.17) is 9.47 Å². The maximum atomic E-state index is 5.57. The van der Waals surface area contributed by atoms with E-state index in [1.807, 2.05) is 0 Å². The monoisotopic (exact) mass is 261 g/mol. The van der Waals surface area contributed by atoms with Crippen molar-refractivity contribution >= 4 is 0 Å². The molecule has 0 amide bonds. The number of benzene rings is 1. The summed E-state index contributed by atoms with van der Waals surface area (Å²) in [5.74, 6) is 1.07. The number of fused-ring (bicyclic) bond motifs is 1. The average Bonchev–Trinajstić information content (AvgIpc) is 2.85. The molecule has 0 aromatic heterocycles. The number of methoxy groups -OCH3 is 1. The first-order valence-corrected chi connectivity index (χ1v) is 7.34. The fourth-order valence-corrected chi connectivity index (χ4v) is 3.05. The molecule has 104 valence electrons. The molecule has 1 aliphatic carbocycles. The second-order valence-corrected chi connectivity index (χ2v) is 5.62. The number of ether oxygens (including phenoxy) is 2. The van der Waals surface area contributed by atoms with Crippen LogP contribution in [0.25, 0.3) is 0 Å². The highest BCUT2D eigenvalue weighted by Crippen LogP contribution is 2.31. The van der Waals surface area contributed by atoms with Gasteiger partial charge in [0.15, 0.2) is 0 Å². The minimum absolute atomic E-state index is 0.453. The Labute approximate surface area is 115 Å². The van der Waals surface area contributed by atoms with E-state index in [0.29, 0.717) is 18.2 Å². The molecule has 0 spiro atoms. The lowest BCUT2D eigenvalue weighted by atomic mass is 9.87. The molecule has 1 heterocycles. The topological polar surface area (TPSA) is 30.5 Å². The van der Waals surface area contributed by atoms with Gasteiger partial charge in [-0.2, -0.15) is 0 Å². The quantitative estimate of drug-likeness (QED) is 0.884. The molecule has 1 aromatic carbocycles. The van der Waals surface area contributed by atoms with Crippen LogP contribution in [0.3, 0.4) is 0 Å². The zero-order valence-electron chi connectivity index (χ0n) is 11.8. The Morgan fingerprint density at radius 2 is 2.26 bits per heavy atom. The molecular weight excluding hydrogens is 238 g/mol. The van der Waals surface area contributed by atoms with Crippen LogP contribution in [-0.4, -0.2) is 25.9 Å². The van der Waals surface area contributed by atoms with Gasteiger partial charge in [-0.05, 0) is 36.5 Å². The van der Waals surface area contributed by atoms with E-state index in [-0.39, 0.29) is 0 Å². The predicted molar refractivity (Wildman–Crippen MR) is 75.6 cm³/mol. The number of nitrogens with one attached hydrogen (secondary N) is 1. The van der Waals surface area contributed by atoms with Gasteiger partial charge in [0.25, 0.3) is 0 Å². The second-order valence-electron chi connectivity index (χ2n) is 5.62. The Bertz CT molecular complexity index is 440. The van der Waals surface area contributed by atoms with Gasteiger partial charge in [-0.1, -0.05) is 19.1 Å². The first kappa shape index (κ1) is 12.9. The minimum Gasteiger partial charge on any atom is -0.493 e. The Morgan fingerprint density at radius 3 is 3.00 bits per heavy atom. The van der Waals surface area contributed by atoms with Crippen molar-refractivity contribution in [2.75, 3.05) is 13.7 Å². The van der Waals surface area contributed by atoms with E-state index in [9.17, 15) is 0 Å². The van der Waals surface area contributed by atoms with Crippen molar-refractivity contribution in [1.29, 1.82) is 0 Å². The molecule has 1 atom stereocenters. The fraction of sp³-hybridized carbons (Fsp3) is 0.625. The molecule has 1 aromatic rings. The third-order valence-corrected chi connectivity index (χ3v) is 4.39. The van der Waals surface area contributed by atoms with Crippen molar-refractivity contribution < 1.29 is 9.47 Å². The van der Waals surface area contributed by atoms with Crippen LogP contribution >= 0.6 is 0 Å². The summed E-state index contributed by atoms with van der Waals surface area (Å²) in [6, 6.07) is 7.71. The molecule has 1 fully saturated rings. The molecule has 0 bridgehead atoms. The van der Waals surface area contributed by atoms with Gasteiger partial charge in [-0.15, -0.1) is 0 Å². The minimum atomic E-state index is 0.453. The molecule has 2 aliphatic rings. The first-order chi connectivity index (χ1) is 9.30. The van der Waals surface area contributed by atoms with Crippen molar-refractivity contribution in [3.63, 3.8) is 0 Å². The van der Waals surface area contributed by atoms with Crippen LogP contribution in [-0.2, 0) is 11.2 Å². The summed E-state index contributed by atoms with van der Waals surface area (Å²) in [6.45, 7) is 3.08. The zero-order valence-corrected chi connectivity index (χ0v) is 11.8. The van der Waals surface area contributed by atoms with Crippen molar-refractivity contribution in [1.82, 2.24) is 5.32 Å². The summed E-state index contributed by atoms with van der Waals surface area (Å²) in [5, 5.41) is 3.75. The van der Waals surface area contributed by atoms with Crippen LogP contribution in [0.5, 0.6) is 5.75 Å². The van der Waals surface area contributed by atoms with Crippen molar-refractivity contribution in [2.45, 2.75) is 50.8 Å². The standard InChI is InChI=1S/C16H23NO2/c1-3-15(17-13-9-14(10-13)18-2)11-4-5-16-12(8-11)6-7-19-16/h4-5,8,13-15,17H,3,6-7,9-10H2,1-2H3. The summed E-state index contributed by atoms with van der Waals surface area (Å²) >= 11 is 0. The van der Waals surface area contributed by atoms with E-state index in [2.05, 4.69) is 30.4 Å². The molecule has 0 radical (unpaired) electrons. The molecule has 1 N–H and O–H groups in total. The molecule has 3 heteroatoms. The normalized spacial score (nSPS) is 26.4. The van der Waals surface area contributed by atoms with Crippen molar-refractivity contribution in [3.8, 4) is 5.75 Å². The molecule has 3 nitrogen and oxygen atoms in total. The van der Waals surface area contributed by atoms with E-state index < -0.39 is 0 Å². The van der Waals surface area contributed by atoms with Crippen molar-refractivity contribution in [2.24, 2.45) is 0 Å². The van der Waals surface area contributed by atoms with Gasteiger partial charge in [-0.25, -0.2) is 0 Å². The van der Waals surface area contributed by atoms with Gasteiger partial charge in [0.2, 0.25) is 0 Å². The van der Waals surface area contributed by atoms with Gasteiger partial charge in [-0.3, -0.25) is 0 Å². The third kappa shape index (κ3) is 2.63. The van der Waals surface area contributed by atoms with Gasteiger partial charge >= 0.3 is 0 Å². The highest BCUT2D eigenvalue weighted by molar-refractivity contribution is 5.40. The van der Waals surface area contributed by atoms with Gasteiger partial charge in [0.1, 0.15) is 5.75 Å². The number of rotatable bonds is 5. The average molecular weight is 261 g/mol. The van der Waals surface area contributed by atoms with E-state index >= 15 is 0 Å². The number of hydrogen-bond donors (Lipinski definition) is 1. The highest BCUT2D eigenvalue weighted by atomic mass is 16.5. The second kappa shape index (κ2) is 5.51. The molecule has 1 unspecified atom stereocenters. The lowest BCUT2D eigenvalue weighted by molar-refractivity contribution is 0.0139. The van der Waals surface area contributed by atoms with Crippen LogP contribution in [0.15, 0.2) is 18.2 Å². The first-order valence-electron chi connectivity index (χ1n) is 7.34. The third-order valence-electron chi connectivity index (χ3n) is 4.39. The van der Waals surface area contributed by atoms with Crippen LogP contribution < -0.4 is 10.1 Å². The van der Waals surface area contributed by atoms with Gasteiger partial charge in [0, 0.05) is 25.6 Å². The van der Waals surface area contributed by atoms with E-state index in [0.717, 1.165) is 38.0 Å². The lowest BCUT2D eigenvalue weighted by Crippen LogP contribution is -2.46. The van der Waals surface area contributed by atoms with Crippen LogP contribution in [0.4, 0.5) is 0 Å². The Balaban J connectivity index is 1.65. The smallest absolute Gasteiger partial charge is 0.122 e.